The van der Waals surface area contributed by atoms with E-state index in [0.29, 0.717) is 30.0 Å². The third kappa shape index (κ3) is 3.68. The van der Waals surface area contributed by atoms with Crippen molar-refractivity contribution in [3.63, 3.8) is 0 Å². The summed E-state index contributed by atoms with van der Waals surface area (Å²) in [6.07, 6.45) is 8.57. The van der Waals surface area contributed by atoms with Gasteiger partial charge in [0.05, 0.1) is 12.7 Å². The van der Waals surface area contributed by atoms with Crippen molar-refractivity contribution in [3.8, 4) is 11.5 Å². The van der Waals surface area contributed by atoms with E-state index >= 15 is 0 Å². The van der Waals surface area contributed by atoms with Gasteiger partial charge in [-0.25, -0.2) is 4.98 Å². The van der Waals surface area contributed by atoms with Gasteiger partial charge in [-0.3, -0.25) is 14.8 Å². The molecule has 1 aliphatic heterocycles. The van der Waals surface area contributed by atoms with Crippen molar-refractivity contribution in [1.82, 2.24) is 29.9 Å². The lowest BCUT2D eigenvalue weighted by atomic mass is 9.87. The third-order valence-electron chi connectivity index (χ3n) is 5.86. The van der Waals surface area contributed by atoms with Crippen molar-refractivity contribution in [2.45, 2.75) is 31.8 Å². The Balaban J connectivity index is 1.16. The molecule has 28 heavy (non-hydrogen) atoms. The zero-order valence-electron chi connectivity index (χ0n) is 15.9. The molecule has 1 saturated heterocycles. The fourth-order valence-corrected chi connectivity index (χ4v) is 4.31. The quantitative estimate of drug-likeness (QED) is 0.691. The summed E-state index contributed by atoms with van der Waals surface area (Å²) in [6, 6.07) is 9.57. The van der Waals surface area contributed by atoms with Crippen LogP contribution in [0.5, 0.6) is 0 Å². The average Bonchev–Trinajstić information content (AvgIpc) is 3.23. The van der Waals surface area contributed by atoms with Crippen LogP contribution in [0.4, 0.5) is 0 Å². The van der Waals surface area contributed by atoms with Crippen LogP contribution in [0.15, 0.2) is 47.4 Å². The van der Waals surface area contributed by atoms with E-state index in [1.54, 1.807) is 18.6 Å². The highest BCUT2D eigenvalue weighted by atomic mass is 16.5. The van der Waals surface area contributed by atoms with Crippen LogP contribution in [0.25, 0.3) is 11.5 Å². The van der Waals surface area contributed by atoms with Crippen molar-refractivity contribution < 1.29 is 4.52 Å². The molecular formula is C21H24N6O. The maximum Gasteiger partial charge on any atom is 0.241 e. The topological polar surface area (TPSA) is 71.2 Å². The molecule has 1 aliphatic carbocycles. The number of benzene rings is 1. The van der Waals surface area contributed by atoms with E-state index in [-0.39, 0.29) is 0 Å². The lowest BCUT2D eigenvalue weighted by Crippen LogP contribution is -2.51. The van der Waals surface area contributed by atoms with Crippen molar-refractivity contribution >= 4 is 0 Å². The second-order valence-electron chi connectivity index (χ2n) is 7.58. The standard InChI is InChI=1S/C21H24N6O/c1-2-4-17-13-18(6-5-16(17)3-1)27-11-9-26(10-12-27)15-20-24-21(25-28-20)19-14-22-7-8-23-19/h1-4,7-8,14,18H,5-6,9-13,15H2. The maximum atomic E-state index is 5.42. The fourth-order valence-electron chi connectivity index (χ4n) is 4.31. The Morgan fingerprint density at radius 3 is 2.71 bits per heavy atom. The van der Waals surface area contributed by atoms with Gasteiger partial charge in [0, 0.05) is 44.6 Å². The van der Waals surface area contributed by atoms with E-state index in [0.717, 1.165) is 26.2 Å². The molecule has 0 spiro atoms. The summed E-state index contributed by atoms with van der Waals surface area (Å²) in [7, 11) is 0. The van der Waals surface area contributed by atoms with Crippen LogP contribution in [0.3, 0.4) is 0 Å². The van der Waals surface area contributed by atoms with Gasteiger partial charge in [0.25, 0.3) is 0 Å². The van der Waals surface area contributed by atoms with Crippen LogP contribution < -0.4 is 0 Å². The normalized spacial score (nSPS) is 20.8. The average molecular weight is 376 g/mol. The molecular weight excluding hydrogens is 352 g/mol. The van der Waals surface area contributed by atoms with Gasteiger partial charge in [0.15, 0.2) is 0 Å². The molecule has 7 nitrogen and oxygen atoms in total. The van der Waals surface area contributed by atoms with Gasteiger partial charge < -0.3 is 4.52 Å². The first kappa shape index (κ1) is 17.5. The molecule has 0 amide bonds. The summed E-state index contributed by atoms with van der Waals surface area (Å²) in [5.41, 5.74) is 3.70. The molecule has 5 rings (SSSR count). The number of hydrogen-bond acceptors (Lipinski definition) is 7. The summed E-state index contributed by atoms with van der Waals surface area (Å²) in [5, 5.41) is 4.04. The molecule has 2 aromatic heterocycles. The van der Waals surface area contributed by atoms with E-state index in [4.69, 9.17) is 4.52 Å². The minimum absolute atomic E-state index is 0.502. The lowest BCUT2D eigenvalue weighted by molar-refractivity contribution is 0.0795. The molecule has 1 aromatic carbocycles. The number of hydrogen-bond donors (Lipinski definition) is 0. The first-order valence-electron chi connectivity index (χ1n) is 9.97. The molecule has 1 atom stereocenters. The van der Waals surface area contributed by atoms with E-state index in [2.05, 4.69) is 54.2 Å². The van der Waals surface area contributed by atoms with Gasteiger partial charge in [-0.1, -0.05) is 29.4 Å². The molecule has 0 saturated carbocycles. The number of aryl methyl sites for hydroxylation is 1. The van der Waals surface area contributed by atoms with Gasteiger partial charge in [-0.2, -0.15) is 4.98 Å². The molecule has 0 bridgehead atoms. The fraction of sp³-hybridized carbons (Fsp3) is 0.429. The number of fused-ring (bicyclic) bond motifs is 1. The predicted octanol–water partition coefficient (Wildman–Crippen LogP) is 2.20. The zero-order valence-corrected chi connectivity index (χ0v) is 15.9. The maximum absolute atomic E-state index is 5.42. The summed E-state index contributed by atoms with van der Waals surface area (Å²) >= 11 is 0. The van der Waals surface area contributed by atoms with Gasteiger partial charge in [-0.05, 0) is 30.4 Å². The summed E-state index contributed by atoms with van der Waals surface area (Å²) < 4.78 is 5.42. The van der Waals surface area contributed by atoms with Crippen molar-refractivity contribution in [1.29, 1.82) is 0 Å². The second-order valence-corrected chi connectivity index (χ2v) is 7.58. The van der Waals surface area contributed by atoms with E-state index < -0.39 is 0 Å². The molecule has 2 aliphatic rings. The van der Waals surface area contributed by atoms with Gasteiger partial charge in [0.2, 0.25) is 11.7 Å². The van der Waals surface area contributed by atoms with E-state index in [1.807, 2.05) is 0 Å². The van der Waals surface area contributed by atoms with Crippen molar-refractivity contribution in [2.75, 3.05) is 26.2 Å². The molecule has 3 heterocycles. The van der Waals surface area contributed by atoms with Crippen LogP contribution in [-0.4, -0.2) is 62.1 Å². The Morgan fingerprint density at radius 2 is 1.89 bits per heavy atom. The third-order valence-corrected chi connectivity index (χ3v) is 5.86. The second kappa shape index (κ2) is 7.77. The zero-order chi connectivity index (χ0) is 18.8. The SMILES string of the molecule is c1ccc2c(c1)CCC(N1CCN(Cc3nc(-c4cnccn4)no3)CC1)C2. The van der Waals surface area contributed by atoms with Crippen molar-refractivity contribution in [3.05, 3.63) is 59.9 Å². The van der Waals surface area contributed by atoms with Gasteiger partial charge in [-0.15, -0.1) is 0 Å². The summed E-state index contributed by atoms with van der Waals surface area (Å²) in [4.78, 5) is 17.8. The van der Waals surface area contributed by atoms with Crippen LogP contribution in [0, 0.1) is 0 Å². The minimum Gasteiger partial charge on any atom is -0.337 e. The largest absolute Gasteiger partial charge is 0.337 e. The lowest BCUT2D eigenvalue weighted by Gasteiger charge is -2.40. The highest BCUT2D eigenvalue weighted by Crippen LogP contribution is 2.25. The molecule has 1 unspecified atom stereocenters. The molecule has 0 radical (unpaired) electrons. The number of rotatable bonds is 4. The monoisotopic (exact) mass is 376 g/mol. The van der Waals surface area contributed by atoms with Gasteiger partial charge in [0.1, 0.15) is 5.69 Å². The first-order chi connectivity index (χ1) is 13.8. The molecule has 3 aromatic rings. The number of aromatic nitrogens is 4. The number of nitrogens with zero attached hydrogens (tertiary/aromatic N) is 6. The van der Waals surface area contributed by atoms with Crippen LogP contribution in [0.1, 0.15) is 23.4 Å². The Bertz CT molecular complexity index is 919. The summed E-state index contributed by atoms with van der Waals surface area (Å²) in [6.45, 7) is 4.94. The van der Waals surface area contributed by atoms with Gasteiger partial charge >= 0.3 is 0 Å². The molecule has 144 valence electrons. The first-order valence-corrected chi connectivity index (χ1v) is 9.97. The Labute approximate surface area is 164 Å². The van der Waals surface area contributed by atoms with Crippen LogP contribution in [0.2, 0.25) is 0 Å². The minimum atomic E-state index is 0.502. The molecule has 0 N–H and O–H groups in total. The number of piperazine rings is 1. The van der Waals surface area contributed by atoms with Crippen molar-refractivity contribution in [2.24, 2.45) is 0 Å². The molecule has 7 heteroatoms. The summed E-state index contributed by atoms with van der Waals surface area (Å²) in [5.74, 6) is 1.14. The Kier molecular flexibility index (Phi) is 4.85. The van der Waals surface area contributed by atoms with Crippen LogP contribution in [-0.2, 0) is 19.4 Å². The molecule has 1 fully saturated rings. The highest BCUT2D eigenvalue weighted by Gasteiger charge is 2.27. The van der Waals surface area contributed by atoms with E-state index in [1.165, 1.54) is 30.4 Å². The Hall–Kier alpha value is -2.64. The Morgan fingerprint density at radius 1 is 1.04 bits per heavy atom. The predicted molar refractivity (Wildman–Crippen MR) is 104 cm³/mol. The highest BCUT2D eigenvalue weighted by molar-refractivity contribution is 5.45. The van der Waals surface area contributed by atoms with Crippen LogP contribution >= 0.6 is 0 Å². The van der Waals surface area contributed by atoms with E-state index in [9.17, 15) is 0 Å². The smallest absolute Gasteiger partial charge is 0.241 e.